The van der Waals surface area contributed by atoms with Crippen molar-refractivity contribution in [3.05, 3.63) is 23.7 Å². The van der Waals surface area contributed by atoms with Crippen LogP contribution in [0.15, 0.2) is 23.7 Å². The molecule has 2 aliphatic carbocycles. The molecule has 2 saturated carbocycles. The largest absolute Gasteiger partial charge is 0.496 e. The molecule has 3 N–H and O–H groups in total. The molecule has 0 amide bonds. The van der Waals surface area contributed by atoms with Crippen LogP contribution in [0.5, 0.6) is 0 Å². The van der Waals surface area contributed by atoms with Crippen LogP contribution in [0.4, 0.5) is 0 Å². The lowest BCUT2D eigenvalue weighted by Gasteiger charge is -2.19. The van der Waals surface area contributed by atoms with Gasteiger partial charge < -0.3 is 24.2 Å². The van der Waals surface area contributed by atoms with E-state index in [1.54, 1.807) is 0 Å². The van der Waals surface area contributed by atoms with Gasteiger partial charge in [-0.05, 0) is 84.7 Å². The van der Waals surface area contributed by atoms with Gasteiger partial charge >= 0.3 is 7.82 Å². The van der Waals surface area contributed by atoms with Crippen molar-refractivity contribution < 1.29 is 68.4 Å². The van der Waals surface area contributed by atoms with Gasteiger partial charge in [-0.25, -0.2) is 24.1 Å². The SMILES string of the molecule is CC=C(CCC)OCCOOOOC1CCCCC1.CC=C(CCC)OCCOOOOC1CCCCC1.O=P(O)(O)O. The molecular weight excluding hydrogens is 591 g/mol. The summed E-state index contributed by atoms with van der Waals surface area (Å²) in [4.78, 5) is 41.3. The third-order valence-corrected chi connectivity index (χ3v) is 6.15. The van der Waals surface area contributed by atoms with Crippen LogP contribution >= 0.6 is 7.82 Å². The predicted molar refractivity (Wildman–Crippen MR) is 156 cm³/mol. The normalized spacial score (nSPS) is 17.0. The highest BCUT2D eigenvalue weighted by atomic mass is 31.2. The summed E-state index contributed by atoms with van der Waals surface area (Å²) in [6.07, 6.45) is 19.6. The third-order valence-electron chi connectivity index (χ3n) is 6.15. The van der Waals surface area contributed by atoms with Crippen molar-refractivity contribution in [1.82, 2.24) is 0 Å². The average molecular weight is 647 g/mol. The van der Waals surface area contributed by atoms with Crippen molar-refractivity contribution in [2.45, 2.75) is 130 Å². The van der Waals surface area contributed by atoms with Gasteiger partial charge in [-0.3, -0.25) is 0 Å². The highest BCUT2D eigenvalue weighted by Crippen LogP contribution is 2.26. The van der Waals surface area contributed by atoms with E-state index in [4.69, 9.17) is 48.3 Å². The van der Waals surface area contributed by atoms with Crippen molar-refractivity contribution in [3.63, 3.8) is 0 Å². The highest BCUT2D eigenvalue weighted by molar-refractivity contribution is 7.45. The first-order valence-electron chi connectivity index (χ1n) is 15.3. The van der Waals surface area contributed by atoms with E-state index in [0.29, 0.717) is 26.4 Å². The van der Waals surface area contributed by atoms with Gasteiger partial charge in [0.25, 0.3) is 0 Å². The predicted octanol–water partition coefficient (Wildman–Crippen LogP) is 6.77. The molecule has 0 spiro atoms. The van der Waals surface area contributed by atoms with Gasteiger partial charge in [-0.2, -0.15) is 0 Å². The van der Waals surface area contributed by atoms with E-state index in [1.807, 2.05) is 26.0 Å². The van der Waals surface area contributed by atoms with Crippen molar-refractivity contribution in [3.8, 4) is 0 Å². The molecule has 2 rings (SSSR count). The van der Waals surface area contributed by atoms with Crippen LogP contribution in [0.25, 0.3) is 0 Å². The number of rotatable bonds is 20. The summed E-state index contributed by atoms with van der Waals surface area (Å²) >= 11 is 0. The van der Waals surface area contributed by atoms with Gasteiger partial charge in [-0.1, -0.05) is 52.4 Å². The summed E-state index contributed by atoms with van der Waals surface area (Å²) in [5.41, 5.74) is 0. The Labute approximate surface area is 256 Å². The summed E-state index contributed by atoms with van der Waals surface area (Å²) < 4.78 is 19.9. The van der Waals surface area contributed by atoms with Gasteiger partial charge in [0.2, 0.25) is 0 Å². The van der Waals surface area contributed by atoms with Gasteiger partial charge in [0.05, 0.1) is 23.7 Å². The standard InChI is InChI=1S/2C14H26O5.H3O4P/c2*1-3-8-13(4-2)15-11-12-16-18-19-17-14-9-6-5-7-10-14;1-5(2,3)4/h2*4,14H,3,5-12H2,1-2H3;(H3,1,2,3,4). The maximum absolute atomic E-state index is 8.88. The smallest absolute Gasteiger partial charge is 0.466 e. The Morgan fingerprint density at radius 1 is 0.628 bits per heavy atom. The molecular formula is C28H55O14P. The van der Waals surface area contributed by atoms with E-state index in [9.17, 15) is 0 Å². The number of phosphoric acid groups is 1. The van der Waals surface area contributed by atoms with E-state index in [1.165, 1.54) is 38.5 Å². The Hall–Kier alpha value is -1.13. The second-order valence-electron chi connectivity index (χ2n) is 9.85. The van der Waals surface area contributed by atoms with E-state index >= 15 is 0 Å². The summed E-state index contributed by atoms with van der Waals surface area (Å²) in [7, 11) is -4.64. The molecule has 0 atom stereocenters. The number of ether oxygens (including phenoxy) is 2. The van der Waals surface area contributed by atoms with Crippen LogP contribution in [0.3, 0.4) is 0 Å². The van der Waals surface area contributed by atoms with E-state index < -0.39 is 7.82 Å². The van der Waals surface area contributed by atoms with Crippen LogP contribution in [-0.2, 0) is 53.7 Å². The first-order valence-corrected chi connectivity index (χ1v) is 16.9. The first-order chi connectivity index (χ1) is 20.7. The second-order valence-corrected chi connectivity index (χ2v) is 10.9. The Morgan fingerprint density at radius 2 is 0.977 bits per heavy atom. The molecule has 0 aromatic rings. The lowest BCUT2D eigenvalue weighted by molar-refractivity contribution is -0.642. The molecule has 14 nitrogen and oxygen atoms in total. The minimum atomic E-state index is -4.64. The molecule has 0 unspecified atom stereocenters. The zero-order chi connectivity index (χ0) is 32.0. The maximum atomic E-state index is 8.88. The lowest BCUT2D eigenvalue weighted by Crippen LogP contribution is -2.17. The quantitative estimate of drug-likeness (QED) is 0.0416. The van der Waals surface area contributed by atoms with Crippen molar-refractivity contribution in [2.24, 2.45) is 0 Å². The van der Waals surface area contributed by atoms with Crippen LogP contribution in [0, 0.1) is 0 Å². The van der Waals surface area contributed by atoms with Gasteiger partial charge in [-0.15, -0.1) is 0 Å². The molecule has 15 heteroatoms. The molecule has 43 heavy (non-hydrogen) atoms. The minimum Gasteiger partial charge on any atom is -0.496 e. The molecule has 0 bridgehead atoms. The average Bonchev–Trinajstić information content (AvgIpc) is 2.99. The van der Waals surface area contributed by atoms with E-state index in [0.717, 1.165) is 62.9 Å². The molecule has 256 valence electrons. The fourth-order valence-corrected chi connectivity index (χ4v) is 4.08. The Morgan fingerprint density at radius 3 is 1.28 bits per heavy atom. The Kier molecular flexibility index (Phi) is 28.8. The zero-order valence-corrected chi connectivity index (χ0v) is 27.2. The molecule has 0 aromatic heterocycles. The summed E-state index contributed by atoms with van der Waals surface area (Å²) in [5.74, 6) is 1.95. The fraction of sp³-hybridized carbons (Fsp3) is 0.857. The number of allylic oxidation sites excluding steroid dienone is 4. The van der Waals surface area contributed by atoms with Crippen LogP contribution in [-0.4, -0.2) is 53.3 Å². The van der Waals surface area contributed by atoms with Gasteiger partial charge in [0.15, 0.2) is 0 Å². The molecule has 2 fully saturated rings. The molecule has 0 saturated heterocycles. The summed E-state index contributed by atoms with van der Waals surface area (Å²) in [6.45, 7) is 9.63. The van der Waals surface area contributed by atoms with Crippen LogP contribution in [0.2, 0.25) is 0 Å². The Balaban J connectivity index is 0.000000709. The zero-order valence-electron chi connectivity index (χ0n) is 26.3. The minimum absolute atomic E-state index is 0.132. The number of hydrogen-bond acceptors (Lipinski definition) is 11. The molecule has 0 heterocycles. The highest BCUT2D eigenvalue weighted by Gasteiger charge is 2.16. The molecule has 0 radical (unpaired) electrons. The summed E-state index contributed by atoms with van der Waals surface area (Å²) in [6, 6.07) is 0. The maximum Gasteiger partial charge on any atom is 0.466 e. The molecule has 2 aliphatic rings. The van der Waals surface area contributed by atoms with Crippen molar-refractivity contribution in [1.29, 1.82) is 0 Å². The van der Waals surface area contributed by atoms with Gasteiger partial charge in [0.1, 0.15) is 26.4 Å². The second kappa shape index (κ2) is 29.6. The molecule has 0 aliphatic heterocycles. The monoisotopic (exact) mass is 646 g/mol. The Bertz CT molecular complexity index is 660. The third kappa shape index (κ3) is 30.7. The summed E-state index contributed by atoms with van der Waals surface area (Å²) in [5, 5.41) is 18.1. The van der Waals surface area contributed by atoms with Crippen LogP contribution in [0.1, 0.15) is 118 Å². The van der Waals surface area contributed by atoms with E-state index in [2.05, 4.69) is 34.0 Å². The fourth-order valence-electron chi connectivity index (χ4n) is 4.08. The van der Waals surface area contributed by atoms with Gasteiger partial charge in [0, 0.05) is 12.8 Å². The lowest BCUT2D eigenvalue weighted by atomic mass is 9.98. The van der Waals surface area contributed by atoms with E-state index in [-0.39, 0.29) is 12.2 Å². The molecule has 0 aromatic carbocycles. The van der Waals surface area contributed by atoms with Crippen molar-refractivity contribution in [2.75, 3.05) is 26.4 Å². The van der Waals surface area contributed by atoms with Crippen LogP contribution < -0.4 is 0 Å². The topological polar surface area (TPSA) is 170 Å². The van der Waals surface area contributed by atoms with Crippen molar-refractivity contribution >= 4 is 7.82 Å². The first kappa shape index (κ1) is 41.9. The number of hydrogen-bond donors (Lipinski definition) is 3.